The number of amides is 2. The predicted molar refractivity (Wildman–Crippen MR) is 101 cm³/mol. The van der Waals surface area contributed by atoms with Crippen molar-refractivity contribution in [3.63, 3.8) is 0 Å². The van der Waals surface area contributed by atoms with Gasteiger partial charge in [0.2, 0.25) is 0 Å². The van der Waals surface area contributed by atoms with Crippen molar-refractivity contribution in [2.24, 2.45) is 0 Å². The zero-order chi connectivity index (χ0) is 18.2. The summed E-state index contributed by atoms with van der Waals surface area (Å²) in [6.45, 7) is 0. The number of hydrogen-bond acceptors (Lipinski definition) is 4. The molecule has 2 aliphatic rings. The first-order valence-electron chi connectivity index (χ1n) is 7.63. The summed E-state index contributed by atoms with van der Waals surface area (Å²) in [5, 5.41) is 2.70. The molecule has 1 aromatic heterocycles. The molecule has 2 aromatic carbocycles. The van der Waals surface area contributed by atoms with Gasteiger partial charge in [-0.05, 0) is 24.3 Å². The highest BCUT2D eigenvalue weighted by molar-refractivity contribution is 7.15. The molecule has 26 heavy (non-hydrogen) atoms. The third kappa shape index (κ3) is 1.82. The summed E-state index contributed by atoms with van der Waals surface area (Å²) >= 11 is 13.6. The van der Waals surface area contributed by atoms with Crippen LogP contribution in [0.4, 0.5) is 5.00 Å². The number of nitrogens with zero attached hydrogens (tertiary/aromatic N) is 1. The number of halogens is 2. The fourth-order valence-corrected chi connectivity index (χ4v) is 4.91. The number of ketones is 1. The number of rotatable bonds is 1. The standard InChI is InChI=1S/C19H7Cl2NO3S/c20-12-6-5-10-13(15(12)21)11-7-26-19(14(11)16(10)23)22-17(24)8-3-1-2-4-9(8)18(22)25/h1-7H. The molecule has 7 heteroatoms. The zero-order valence-corrected chi connectivity index (χ0v) is 15.2. The van der Waals surface area contributed by atoms with E-state index in [4.69, 9.17) is 23.2 Å². The van der Waals surface area contributed by atoms with Gasteiger partial charge in [-0.1, -0.05) is 35.3 Å². The normalized spacial score (nSPS) is 14.7. The Morgan fingerprint density at radius 1 is 0.769 bits per heavy atom. The van der Waals surface area contributed by atoms with Crippen molar-refractivity contribution in [1.82, 2.24) is 0 Å². The van der Waals surface area contributed by atoms with Crippen LogP contribution < -0.4 is 4.90 Å². The first-order valence-corrected chi connectivity index (χ1v) is 9.26. The van der Waals surface area contributed by atoms with Crippen LogP contribution in [0.2, 0.25) is 10.0 Å². The maximum Gasteiger partial charge on any atom is 0.266 e. The largest absolute Gasteiger partial charge is 0.288 e. The topological polar surface area (TPSA) is 54.5 Å². The average Bonchev–Trinajstić information content (AvgIpc) is 3.25. The summed E-state index contributed by atoms with van der Waals surface area (Å²) in [6.07, 6.45) is 0. The van der Waals surface area contributed by atoms with Gasteiger partial charge in [0.1, 0.15) is 5.00 Å². The Morgan fingerprint density at radius 2 is 1.42 bits per heavy atom. The molecule has 0 radical (unpaired) electrons. The number of hydrogen-bond donors (Lipinski definition) is 0. The molecule has 0 bridgehead atoms. The van der Waals surface area contributed by atoms with E-state index in [0.717, 1.165) is 4.90 Å². The molecule has 1 aliphatic carbocycles. The first kappa shape index (κ1) is 15.8. The molecule has 5 rings (SSSR count). The molecular formula is C19H7Cl2NO3S. The van der Waals surface area contributed by atoms with Gasteiger partial charge in [0.25, 0.3) is 11.8 Å². The monoisotopic (exact) mass is 399 g/mol. The maximum atomic E-state index is 12.9. The van der Waals surface area contributed by atoms with E-state index in [9.17, 15) is 14.4 Å². The van der Waals surface area contributed by atoms with Crippen molar-refractivity contribution in [3.05, 3.63) is 74.1 Å². The van der Waals surface area contributed by atoms with Gasteiger partial charge < -0.3 is 0 Å². The molecule has 0 fully saturated rings. The molecular weight excluding hydrogens is 393 g/mol. The minimum atomic E-state index is -0.428. The van der Waals surface area contributed by atoms with Crippen molar-refractivity contribution >= 4 is 57.1 Å². The Kier molecular flexibility index (Phi) is 3.19. The number of benzene rings is 2. The minimum absolute atomic E-state index is 0.263. The van der Waals surface area contributed by atoms with Crippen LogP contribution in [0, 0.1) is 0 Å². The Morgan fingerprint density at radius 3 is 2.08 bits per heavy atom. The molecule has 0 N–H and O–H groups in total. The van der Waals surface area contributed by atoms with Crippen molar-refractivity contribution in [3.8, 4) is 11.1 Å². The van der Waals surface area contributed by atoms with Gasteiger partial charge in [-0.2, -0.15) is 0 Å². The van der Waals surface area contributed by atoms with Gasteiger partial charge in [0, 0.05) is 22.1 Å². The molecule has 0 atom stereocenters. The van der Waals surface area contributed by atoms with Crippen molar-refractivity contribution in [1.29, 1.82) is 0 Å². The lowest BCUT2D eigenvalue weighted by Crippen LogP contribution is -2.29. The van der Waals surface area contributed by atoms with Crippen LogP contribution in [0.25, 0.3) is 11.1 Å². The van der Waals surface area contributed by atoms with E-state index in [2.05, 4.69) is 0 Å². The Hall–Kier alpha value is -2.47. The van der Waals surface area contributed by atoms with Crippen LogP contribution in [0.15, 0.2) is 41.8 Å². The van der Waals surface area contributed by atoms with E-state index in [1.807, 2.05) is 0 Å². The van der Waals surface area contributed by atoms with Crippen LogP contribution in [-0.4, -0.2) is 17.6 Å². The lowest BCUT2D eigenvalue weighted by Gasteiger charge is -2.12. The number of carbonyl (C=O) groups excluding carboxylic acids is 3. The highest BCUT2D eigenvalue weighted by Gasteiger charge is 2.42. The average molecular weight is 400 g/mol. The van der Waals surface area contributed by atoms with E-state index in [1.165, 1.54) is 11.3 Å². The van der Waals surface area contributed by atoms with Crippen molar-refractivity contribution in [2.45, 2.75) is 0 Å². The Labute approximate surface area is 161 Å². The second-order valence-corrected chi connectivity index (χ2v) is 7.58. The highest BCUT2D eigenvalue weighted by atomic mass is 35.5. The summed E-state index contributed by atoms with van der Waals surface area (Å²) in [4.78, 5) is 39.5. The quantitative estimate of drug-likeness (QED) is 0.420. The smallest absolute Gasteiger partial charge is 0.266 e. The van der Waals surface area contributed by atoms with Crippen molar-refractivity contribution < 1.29 is 14.4 Å². The SMILES string of the molecule is O=C1c2ccc(Cl)c(Cl)c2-c2csc(N3C(=O)c4ccccc4C3=O)c21. The molecule has 2 heterocycles. The summed E-state index contributed by atoms with van der Waals surface area (Å²) in [5.74, 6) is -1.12. The Bertz CT molecular complexity index is 1150. The zero-order valence-electron chi connectivity index (χ0n) is 12.9. The summed E-state index contributed by atoms with van der Waals surface area (Å²) < 4.78 is 0. The van der Waals surface area contributed by atoms with Gasteiger partial charge in [-0.25, -0.2) is 4.90 Å². The fraction of sp³-hybridized carbons (Fsp3) is 0. The molecule has 0 unspecified atom stereocenters. The van der Waals surface area contributed by atoms with E-state index in [-0.39, 0.29) is 5.78 Å². The van der Waals surface area contributed by atoms with Gasteiger partial charge in [-0.3, -0.25) is 14.4 Å². The van der Waals surface area contributed by atoms with E-state index >= 15 is 0 Å². The summed E-state index contributed by atoms with van der Waals surface area (Å²) in [7, 11) is 0. The number of imide groups is 1. The second-order valence-electron chi connectivity index (χ2n) is 5.93. The van der Waals surface area contributed by atoms with Gasteiger partial charge >= 0.3 is 0 Å². The number of thiophene rings is 1. The molecule has 3 aromatic rings. The van der Waals surface area contributed by atoms with Gasteiger partial charge in [0.15, 0.2) is 5.78 Å². The molecule has 2 amide bonds. The summed E-state index contributed by atoms with van der Waals surface area (Å²) in [5.41, 5.74) is 2.58. The second kappa shape index (κ2) is 5.27. The molecule has 0 spiro atoms. The van der Waals surface area contributed by atoms with E-state index < -0.39 is 11.8 Å². The number of fused-ring (bicyclic) bond motifs is 4. The van der Waals surface area contributed by atoms with E-state index in [0.29, 0.717) is 48.4 Å². The molecule has 4 nitrogen and oxygen atoms in total. The third-order valence-electron chi connectivity index (χ3n) is 4.60. The van der Waals surface area contributed by atoms with Crippen molar-refractivity contribution in [2.75, 3.05) is 4.90 Å². The van der Waals surface area contributed by atoms with Crippen LogP contribution in [-0.2, 0) is 0 Å². The van der Waals surface area contributed by atoms with Gasteiger partial charge in [0.05, 0.1) is 26.7 Å². The van der Waals surface area contributed by atoms with E-state index in [1.54, 1.807) is 41.8 Å². The molecule has 126 valence electrons. The lowest BCUT2D eigenvalue weighted by atomic mass is 10.1. The lowest BCUT2D eigenvalue weighted by molar-refractivity contribution is 0.0927. The Balaban J connectivity index is 1.71. The number of carbonyl (C=O) groups is 3. The van der Waals surface area contributed by atoms with Gasteiger partial charge in [-0.15, -0.1) is 11.3 Å². The highest BCUT2D eigenvalue weighted by Crippen LogP contribution is 2.50. The molecule has 0 saturated carbocycles. The van der Waals surface area contributed by atoms with Crippen LogP contribution in [0.5, 0.6) is 0 Å². The summed E-state index contributed by atoms with van der Waals surface area (Å²) in [6, 6.07) is 9.80. The molecule has 1 aliphatic heterocycles. The number of anilines is 1. The van der Waals surface area contributed by atoms with Crippen LogP contribution >= 0.6 is 34.5 Å². The first-order chi connectivity index (χ1) is 12.5. The third-order valence-corrected chi connectivity index (χ3v) is 6.37. The fourth-order valence-electron chi connectivity index (χ4n) is 3.43. The maximum absolute atomic E-state index is 12.9. The predicted octanol–water partition coefficient (Wildman–Crippen LogP) is 5.07. The minimum Gasteiger partial charge on any atom is -0.288 e. The van der Waals surface area contributed by atoms with Crippen LogP contribution in [0.3, 0.4) is 0 Å². The molecule has 0 saturated heterocycles. The van der Waals surface area contributed by atoms with Crippen LogP contribution in [0.1, 0.15) is 36.6 Å².